The van der Waals surface area contributed by atoms with E-state index < -0.39 is 67.4 Å². The van der Waals surface area contributed by atoms with Crippen molar-refractivity contribution in [1.29, 1.82) is 0 Å². The molecule has 0 radical (unpaired) electrons. The molecule has 386 valence electrons. The second-order valence-electron chi connectivity index (χ2n) is 18.9. The number of esters is 1. The van der Waals surface area contributed by atoms with Gasteiger partial charge in [-0.1, -0.05) is 218 Å². The van der Waals surface area contributed by atoms with Crippen molar-refractivity contribution in [2.75, 3.05) is 13.2 Å². The Morgan fingerprint density at radius 3 is 1.62 bits per heavy atom. The number of hydrogen-bond acceptors (Lipinski definition) is 10. The van der Waals surface area contributed by atoms with Crippen molar-refractivity contribution in [3.8, 4) is 0 Å². The number of unbranched alkanes of at least 4 members (excludes halogenated alkanes) is 27. The van der Waals surface area contributed by atoms with Crippen LogP contribution < -0.4 is 5.32 Å². The fourth-order valence-electron chi connectivity index (χ4n) is 8.45. The Kier molecular flexibility index (Phi) is 41.4. The van der Waals surface area contributed by atoms with Gasteiger partial charge in [0.05, 0.1) is 25.4 Å². The Morgan fingerprint density at radius 1 is 0.606 bits per heavy atom. The van der Waals surface area contributed by atoms with E-state index in [0.717, 1.165) is 83.5 Å². The lowest BCUT2D eigenvalue weighted by atomic mass is 9.99. The number of carbonyl (C=O) groups excluding carboxylic acids is 2. The lowest BCUT2D eigenvalue weighted by Crippen LogP contribution is -2.61. The predicted octanol–water partition coefficient (Wildman–Crippen LogP) is 11.6. The zero-order chi connectivity index (χ0) is 48.3. The minimum atomic E-state index is -1.61. The summed E-state index contributed by atoms with van der Waals surface area (Å²) >= 11 is 0. The lowest BCUT2D eigenvalue weighted by Gasteiger charge is -2.41. The van der Waals surface area contributed by atoms with Crippen LogP contribution in [0.3, 0.4) is 0 Å². The summed E-state index contributed by atoms with van der Waals surface area (Å²) in [5, 5.41) is 56.6. The normalized spacial score (nSPS) is 20.4. The van der Waals surface area contributed by atoms with Gasteiger partial charge < -0.3 is 45.1 Å². The standard InChI is InChI=1S/C55H101NO10/c1-4-7-10-13-16-19-22-24-26-28-31-34-37-40-43-50(60)66-53-52(62)51(61)49(44-57)65-55(53)64-45-46(47(58)41-38-35-32-30-27-25-23-20-17-14-11-8-5-2)56-54(63)48(59)42-39-36-33-29-21-18-15-12-9-6-3/h7,10,16,19,38,41,46-49,51-53,55,57-59,61-62H,4-6,8-9,11-15,17-18,20-37,39-40,42-45H2,1-3H3,(H,56,63)/b10-7+,19-16+,41-38+. The van der Waals surface area contributed by atoms with Gasteiger partial charge in [0.25, 0.3) is 0 Å². The van der Waals surface area contributed by atoms with E-state index in [1.807, 2.05) is 6.08 Å². The summed E-state index contributed by atoms with van der Waals surface area (Å²) in [7, 11) is 0. The summed E-state index contributed by atoms with van der Waals surface area (Å²) in [6, 6.07) is -1.02. The van der Waals surface area contributed by atoms with Crippen LogP contribution >= 0.6 is 0 Å². The molecule has 0 saturated carbocycles. The molecule has 1 rings (SSSR count). The van der Waals surface area contributed by atoms with Crippen LogP contribution in [0.5, 0.6) is 0 Å². The van der Waals surface area contributed by atoms with Gasteiger partial charge in [0, 0.05) is 6.42 Å². The average Bonchev–Trinajstić information content (AvgIpc) is 3.31. The van der Waals surface area contributed by atoms with Gasteiger partial charge in [-0.3, -0.25) is 9.59 Å². The second kappa shape index (κ2) is 44.1. The first-order valence-corrected chi connectivity index (χ1v) is 27.3. The van der Waals surface area contributed by atoms with Gasteiger partial charge in [0.2, 0.25) is 5.91 Å². The number of aliphatic hydroxyl groups excluding tert-OH is 5. The molecule has 1 aliphatic heterocycles. The minimum absolute atomic E-state index is 0.116. The molecule has 11 heteroatoms. The summed E-state index contributed by atoms with van der Waals surface area (Å²) in [6.07, 6.45) is 39.1. The first-order valence-electron chi connectivity index (χ1n) is 27.3. The van der Waals surface area contributed by atoms with Crippen molar-refractivity contribution in [2.24, 2.45) is 0 Å². The van der Waals surface area contributed by atoms with E-state index in [0.29, 0.717) is 19.3 Å². The zero-order valence-electron chi connectivity index (χ0n) is 42.3. The molecule has 0 spiro atoms. The highest BCUT2D eigenvalue weighted by Gasteiger charge is 2.47. The molecule has 0 aromatic rings. The monoisotopic (exact) mass is 936 g/mol. The summed E-state index contributed by atoms with van der Waals surface area (Å²) in [5.74, 6) is -1.20. The Bertz CT molecular complexity index is 1210. The number of nitrogens with one attached hydrogen (secondary N) is 1. The summed E-state index contributed by atoms with van der Waals surface area (Å²) < 4.78 is 17.5. The molecule has 66 heavy (non-hydrogen) atoms. The maximum atomic E-state index is 13.3. The molecule has 1 aliphatic rings. The van der Waals surface area contributed by atoms with E-state index in [4.69, 9.17) is 14.2 Å². The maximum absolute atomic E-state index is 13.3. The van der Waals surface area contributed by atoms with Crippen LogP contribution in [-0.2, 0) is 23.8 Å². The fourth-order valence-corrected chi connectivity index (χ4v) is 8.45. The number of aliphatic hydroxyl groups is 5. The van der Waals surface area contributed by atoms with Crippen LogP contribution in [0, 0.1) is 0 Å². The molecular weight excluding hydrogens is 835 g/mol. The van der Waals surface area contributed by atoms with Gasteiger partial charge in [0.15, 0.2) is 12.4 Å². The van der Waals surface area contributed by atoms with Crippen molar-refractivity contribution in [3.05, 3.63) is 36.5 Å². The van der Waals surface area contributed by atoms with Gasteiger partial charge in [-0.2, -0.15) is 0 Å². The van der Waals surface area contributed by atoms with Crippen LogP contribution in [0.4, 0.5) is 0 Å². The molecule has 8 unspecified atom stereocenters. The summed E-state index contributed by atoms with van der Waals surface area (Å²) in [4.78, 5) is 26.3. The van der Waals surface area contributed by atoms with Gasteiger partial charge in [0.1, 0.15) is 24.4 Å². The highest BCUT2D eigenvalue weighted by atomic mass is 16.7. The number of rotatable bonds is 45. The van der Waals surface area contributed by atoms with Crippen molar-refractivity contribution >= 4 is 11.9 Å². The molecule has 1 fully saturated rings. The number of carbonyl (C=O) groups is 2. The molecule has 0 bridgehead atoms. The van der Waals surface area contributed by atoms with Crippen LogP contribution in [0.2, 0.25) is 0 Å². The third kappa shape index (κ3) is 32.6. The van der Waals surface area contributed by atoms with E-state index in [1.165, 1.54) is 109 Å². The number of ether oxygens (including phenoxy) is 3. The molecule has 0 aliphatic carbocycles. The Labute approximate surface area is 403 Å². The smallest absolute Gasteiger partial charge is 0.306 e. The highest BCUT2D eigenvalue weighted by molar-refractivity contribution is 5.80. The first-order chi connectivity index (χ1) is 32.2. The topological polar surface area (TPSA) is 175 Å². The first kappa shape index (κ1) is 61.9. The van der Waals surface area contributed by atoms with Crippen molar-refractivity contribution in [3.63, 3.8) is 0 Å². The molecular formula is C55H101NO10. The summed E-state index contributed by atoms with van der Waals surface area (Å²) in [6.45, 7) is 5.65. The third-order valence-electron chi connectivity index (χ3n) is 12.8. The number of allylic oxidation sites excluding steroid dienone is 5. The molecule has 11 nitrogen and oxygen atoms in total. The quantitative estimate of drug-likeness (QED) is 0.0196. The number of hydrogen-bond donors (Lipinski definition) is 6. The van der Waals surface area contributed by atoms with Gasteiger partial charge in [-0.25, -0.2) is 0 Å². The Morgan fingerprint density at radius 2 is 1.09 bits per heavy atom. The van der Waals surface area contributed by atoms with Crippen molar-refractivity contribution in [1.82, 2.24) is 5.32 Å². The highest BCUT2D eigenvalue weighted by Crippen LogP contribution is 2.26. The molecule has 0 aromatic heterocycles. The Hall–Kier alpha value is -2.12. The van der Waals surface area contributed by atoms with Gasteiger partial charge in [-0.15, -0.1) is 0 Å². The summed E-state index contributed by atoms with van der Waals surface area (Å²) in [5.41, 5.74) is 0. The van der Waals surface area contributed by atoms with Crippen molar-refractivity contribution in [2.45, 2.75) is 288 Å². The van der Waals surface area contributed by atoms with Crippen LogP contribution in [0.15, 0.2) is 36.5 Å². The van der Waals surface area contributed by atoms with Crippen LogP contribution in [0.25, 0.3) is 0 Å². The van der Waals surface area contributed by atoms with E-state index in [9.17, 15) is 35.1 Å². The van der Waals surface area contributed by atoms with Crippen LogP contribution in [0.1, 0.15) is 239 Å². The van der Waals surface area contributed by atoms with E-state index in [1.54, 1.807) is 6.08 Å². The SMILES string of the molecule is CC/C=C/C/C=C/CCCCCCCCCC(=O)OC1C(OCC(NC(=O)C(O)CCCCCCCCCCCC)C(O)/C=C/CCCCCCCCCCCCC)OC(CO)C(O)C1O. The van der Waals surface area contributed by atoms with Crippen LogP contribution in [-0.4, -0.2) is 99.6 Å². The second-order valence-corrected chi connectivity index (χ2v) is 18.9. The number of amides is 1. The third-order valence-corrected chi connectivity index (χ3v) is 12.8. The van der Waals surface area contributed by atoms with E-state index >= 15 is 0 Å². The molecule has 1 saturated heterocycles. The Balaban J connectivity index is 2.76. The molecule has 0 aromatic carbocycles. The molecule has 1 heterocycles. The lowest BCUT2D eigenvalue weighted by molar-refractivity contribution is -0.305. The van der Waals surface area contributed by atoms with E-state index in [2.05, 4.69) is 50.4 Å². The maximum Gasteiger partial charge on any atom is 0.306 e. The minimum Gasteiger partial charge on any atom is -0.454 e. The molecule has 8 atom stereocenters. The molecule has 1 amide bonds. The van der Waals surface area contributed by atoms with E-state index in [-0.39, 0.29) is 13.0 Å². The largest absolute Gasteiger partial charge is 0.454 e. The fraction of sp³-hybridized carbons (Fsp3) is 0.855. The predicted molar refractivity (Wildman–Crippen MR) is 269 cm³/mol. The van der Waals surface area contributed by atoms with Crippen molar-refractivity contribution < 1.29 is 49.3 Å². The average molecular weight is 936 g/mol. The van der Waals surface area contributed by atoms with Gasteiger partial charge >= 0.3 is 5.97 Å². The zero-order valence-corrected chi connectivity index (χ0v) is 42.3. The molecule has 6 N–H and O–H groups in total. The van der Waals surface area contributed by atoms with Gasteiger partial charge in [-0.05, 0) is 51.4 Å².